The second-order valence-corrected chi connectivity index (χ2v) is 3.93. The van der Waals surface area contributed by atoms with Crippen LogP contribution in [-0.4, -0.2) is 4.98 Å². The number of aromatic nitrogens is 1. The summed E-state index contributed by atoms with van der Waals surface area (Å²) in [5.74, 6) is 0.226. The molecule has 20 heavy (non-hydrogen) atoms. The van der Waals surface area contributed by atoms with Gasteiger partial charge in [0.15, 0.2) is 5.82 Å². The molecular formula is C13H9F3N4. The predicted octanol–water partition coefficient (Wildman–Crippen LogP) is 3.30. The molecule has 7 heteroatoms. The molecule has 0 atom stereocenters. The molecule has 1 aromatic heterocycles. The van der Waals surface area contributed by atoms with Gasteiger partial charge in [-0.15, -0.1) is 0 Å². The first kappa shape index (κ1) is 13.7. The van der Waals surface area contributed by atoms with Crippen LogP contribution in [0.1, 0.15) is 11.1 Å². The number of nitrogens with one attached hydrogen (secondary N) is 1. The lowest BCUT2D eigenvalue weighted by atomic mass is 10.2. The molecule has 0 amide bonds. The van der Waals surface area contributed by atoms with Gasteiger partial charge in [-0.2, -0.15) is 18.4 Å². The minimum atomic E-state index is -4.38. The van der Waals surface area contributed by atoms with Crippen LogP contribution in [0.3, 0.4) is 0 Å². The third kappa shape index (κ3) is 2.80. The maximum atomic E-state index is 12.4. The first-order valence-corrected chi connectivity index (χ1v) is 5.50. The molecule has 0 aliphatic rings. The van der Waals surface area contributed by atoms with Crippen LogP contribution in [0.2, 0.25) is 0 Å². The molecule has 2 rings (SSSR count). The monoisotopic (exact) mass is 278 g/mol. The van der Waals surface area contributed by atoms with Crippen LogP contribution in [0.25, 0.3) is 0 Å². The second kappa shape index (κ2) is 5.09. The average molecular weight is 278 g/mol. The van der Waals surface area contributed by atoms with Crippen molar-refractivity contribution in [3.05, 3.63) is 47.7 Å². The molecule has 1 aromatic carbocycles. The van der Waals surface area contributed by atoms with Crippen molar-refractivity contribution in [3.8, 4) is 6.07 Å². The normalized spacial score (nSPS) is 10.9. The van der Waals surface area contributed by atoms with E-state index in [1.165, 1.54) is 24.4 Å². The van der Waals surface area contributed by atoms with Crippen molar-refractivity contribution in [3.63, 3.8) is 0 Å². The molecule has 3 N–H and O–H groups in total. The van der Waals surface area contributed by atoms with Crippen molar-refractivity contribution in [1.82, 2.24) is 4.98 Å². The van der Waals surface area contributed by atoms with Crippen LogP contribution in [-0.2, 0) is 6.18 Å². The van der Waals surface area contributed by atoms with Gasteiger partial charge in [0, 0.05) is 11.9 Å². The molecule has 0 saturated carbocycles. The lowest BCUT2D eigenvalue weighted by molar-refractivity contribution is -0.137. The SMILES string of the molecule is N#Cc1ccnc(Nc2ccc(C(F)(F)F)cc2)c1N. The Morgan fingerprint density at radius 1 is 1.15 bits per heavy atom. The first-order chi connectivity index (χ1) is 9.41. The molecule has 0 unspecified atom stereocenters. The highest BCUT2D eigenvalue weighted by molar-refractivity contribution is 5.73. The molecular weight excluding hydrogens is 269 g/mol. The van der Waals surface area contributed by atoms with Crippen LogP contribution in [0.5, 0.6) is 0 Å². The van der Waals surface area contributed by atoms with Crippen LogP contribution in [0.4, 0.5) is 30.4 Å². The molecule has 2 aromatic rings. The molecule has 4 nitrogen and oxygen atoms in total. The van der Waals surface area contributed by atoms with Crippen LogP contribution < -0.4 is 11.1 Å². The Morgan fingerprint density at radius 3 is 2.35 bits per heavy atom. The van der Waals surface area contributed by atoms with E-state index in [0.29, 0.717) is 5.69 Å². The van der Waals surface area contributed by atoms with E-state index in [-0.39, 0.29) is 17.1 Å². The second-order valence-electron chi connectivity index (χ2n) is 3.93. The van der Waals surface area contributed by atoms with Crippen LogP contribution in [0, 0.1) is 11.3 Å². The van der Waals surface area contributed by atoms with E-state index in [1.54, 1.807) is 0 Å². The Bertz CT molecular complexity index is 657. The molecule has 0 fully saturated rings. The number of nitrogens with zero attached hydrogens (tertiary/aromatic N) is 2. The fourth-order valence-electron chi connectivity index (χ4n) is 1.55. The first-order valence-electron chi connectivity index (χ1n) is 5.50. The molecule has 102 valence electrons. The summed E-state index contributed by atoms with van der Waals surface area (Å²) in [6, 6.07) is 7.78. The van der Waals surface area contributed by atoms with E-state index < -0.39 is 11.7 Å². The number of halogens is 3. The largest absolute Gasteiger partial charge is 0.416 e. The summed E-state index contributed by atoms with van der Waals surface area (Å²) in [5, 5.41) is 11.6. The standard InChI is InChI=1S/C13H9F3N4/c14-13(15,16)9-1-3-10(4-2-9)20-12-11(18)8(7-17)5-6-19-12/h1-6H,18H2,(H,19,20). The third-order valence-corrected chi connectivity index (χ3v) is 2.59. The van der Waals surface area contributed by atoms with Crippen molar-refractivity contribution >= 4 is 17.2 Å². The number of hydrogen-bond donors (Lipinski definition) is 2. The van der Waals surface area contributed by atoms with Crippen molar-refractivity contribution in [2.45, 2.75) is 6.18 Å². The van der Waals surface area contributed by atoms with Gasteiger partial charge in [-0.05, 0) is 30.3 Å². The maximum absolute atomic E-state index is 12.4. The Morgan fingerprint density at radius 2 is 1.80 bits per heavy atom. The summed E-state index contributed by atoms with van der Waals surface area (Å²) in [4.78, 5) is 3.94. The van der Waals surface area contributed by atoms with Gasteiger partial charge in [0.1, 0.15) is 6.07 Å². The summed E-state index contributed by atoms with van der Waals surface area (Å²) < 4.78 is 37.3. The molecule has 0 aliphatic heterocycles. The zero-order valence-electron chi connectivity index (χ0n) is 10.1. The number of alkyl halides is 3. The number of anilines is 3. The van der Waals surface area contributed by atoms with Crippen molar-refractivity contribution in [1.29, 1.82) is 5.26 Å². The highest BCUT2D eigenvalue weighted by Crippen LogP contribution is 2.30. The number of hydrogen-bond acceptors (Lipinski definition) is 4. The molecule has 0 bridgehead atoms. The number of nitrogens with two attached hydrogens (primary N) is 1. The molecule has 0 spiro atoms. The molecule has 1 heterocycles. The molecule has 0 radical (unpaired) electrons. The summed E-state index contributed by atoms with van der Waals surface area (Å²) >= 11 is 0. The lowest BCUT2D eigenvalue weighted by Crippen LogP contribution is -2.05. The van der Waals surface area contributed by atoms with Crippen LogP contribution in [0.15, 0.2) is 36.5 Å². The van der Waals surface area contributed by atoms with Crippen LogP contribution >= 0.6 is 0 Å². The number of pyridine rings is 1. The number of benzene rings is 1. The Balaban J connectivity index is 2.26. The van der Waals surface area contributed by atoms with Gasteiger partial charge < -0.3 is 11.1 Å². The Hall–Kier alpha value is -2.75. The average Bonchev–Trinajstić information content (AvgIpc) is 2.41. The van der Waals surface area contributed by atoms with E-state index >= 15 is 0 Å². The van der Waals surface area contributed by atoms with E-state index in [2.05, 4.69) is 10.3 Å². The topological polar surface area (TPSA) is 74.7 Å². The van der Waals surface area contributed by atoms with E-state index in [0.717, 1.165) is 12.1 Å². The van der Waals surface area contributed by atoms with Gasteiger partial charge in [0.25, 0.3) is 0 Å². The quantitative estimate of drug-likeness (QED) is 0.883. The smallest absolute Gasteiger partial charge is 0.395 e. The lowest BCUT2D eigenvalue weighted by Gasteiger charge is -2.10. The number of nitrogen functional groups attached to an aromatic ring is 1. The summed E-state index contributed by atoms with van der Waals surface area (Å²) in [5.41, 5.74) is 5.76. The van der Waals surface area contributed by atoms with Crippen molar-refractivity contribution in [2.24, 2.45) is 0 Å². The number of nitriles is 1. The Labute approximate surface area is 112 Å². The van der Waals surface area contributed by atoms with Gasteiger partial charge in [-0.1, -0.05) is 0 Å². The van der Waals surface area contributed by atoms with E-state index in [1.807, 2.05) is 6.07 Å². The summed E-state index contributed by atoms with van der Waals surface area (Å²) in [6.07, 6.45) is -2.99. The fourth-order valence-corrected chi connectivity index (χ4v) is 1.55. The highest BCUT2D eigenvalue weighted by Gasteiger charge is 2.29. The minimum absolute atomic E-state index is 0.148. The van der Waals surface area contributed by atoms with Gasteiger partial charge in [0.2, 0.25) is 0 Å². The zero-order chi connectivity index (χ0) is 14.8. The van der Waals surface area contributed by atoms with E-state index in [9.17, 15) is 13.2 Å². The van der Waals surface area contributed by atoms with Gasteiger partial charge in [0.05, 0.1) is 16.8 Å². The van der Waals surface area contributed by atoms with Gasteiger partial charge >= 0.3 is 6.18 Å². The highest BCUT2D eigenvalue weighted by atomic mass is 19.4. The van der Waals surface area contributed by atoms with Gasteiger partial charge in [-0.3, -0.25) is 0 Å². The summed E-state index contributed by atoms with van der Waals surface area (Å²) in [6.45, 7) is 0. The van der Waals surface area contributed by atoms with E-state index in [4.69, 9.17) is 11.0 Å². The fraction of sp³-hybridized carbons (Fsp3) is 0.0769. The third-order valence-electron chi connectivity index (χ3n) is 2.59. The van der Waals surface area contributed by atoms with Gasteiger partial charge in [-0.25, -0.2) is 4.98 Å². The molecule has 0 saturated heterocycles. The zero-order valence-corrected chi connectivity index (χ0v) is 10.1. The predicted molar refractivity (Wildman–Crippen MR) is 68.1 cm³/mol. The van der Waals surface area contributed by atoms with Crippen molar-refractivity contribution < 1.29 is 13.2 Å². The molecule has 0 aliphatic carbocycles. The minimum Gasteiger partial charge on any atom is -0.395 e. The Kier molecular flexibility index (Phi) is 3.48. The maximum Gasteiger partial charge on any atom is 0.416 e. The number of rotatable bonds is 2. The van der Waals surface area contributed by atoms with Crippen molar-refractivity contribution in [2.75, 3.05) is 11.1 Å². The summed E-state index contributed by atoms with van der Waals surface area (Å²) in [7, 11) is 0.